The molecule has 24 heteroatoms. The van der Waals surface area contributed by atoms with Gasteiger partial charge in [0, 0.05) is 116 Å². The number of carboxylic acids is 1. The van der Waals surface area contributed by atoms with Crippen LogP contribution in [0.4, 0.5) is 35.1 Å². The molecule has 19 nitrogen and oxygen atoms in total. The maximum absolute atomic E-state index is 13.5. The number of amides is 1. The summed E-state index contributed by atoms with van der Waals surface area (Å²) in [6.07, 6.45) is 20.9. The first-order chi connectivity index (χ1) is 44.7. The molecule has 0 unspecified atom stereocenters. The van der Waals surface area contributed by atoms with Crippen LogP contribution < -0.4 is 15.1 Å². The zero-order chi connectivity index (χ0) is 64.6. The predicted molar refractivity (Wildman–Crippen MR) is 345 cm³/mol. The molecule has 0 spiro atoms. The lowest BCUT2D eigenvalue weighted by atomic mass is 9.95. The van der Waals surface area contributed by atoms with Crippen molar-refractivity contribution in [3.05, 3.63) is 154 Å². The predicted octanol–water partition coefficient (Wildman–Crippen LogP) is 13.2. The van der Waals surface area contributed by atoms with Crippen molar-refractivity contribution in [3.63, 3.8) is 0 Å². The van der Waals surface area contributed by atoms with Crippen molar-refractivity contribution in [2.24, 2.45) is 11.8 Å². The number of alkyl halides is 1. The second kappa shape index (κ2) is 28.1. The van der Waals surface area contributed by atoms with Crippen molar-refractivity contribution >= 4 is 67.7 Å². The van der Waals surface area contributed by atoms with Crippen molar-refractivity contribution in [1.29, 1.82) is 10.5 Å². The Morgan fingerprint density at radius 2 is 1.00 bits per heavy atom. The van der Waals surface area contributed by atoms with E-state index in [4.69, 9.17) is 46.3 Å². The molecule has 8 aromatic heterocycles. The van der Waals surface area contributed by atoms with E-state index in [1.807, 2.05) is 88.4 Å². The van der Waals surface area contributed by atoms with Crippen LogP contribution >= 0.6 is 22.7 Å². The number of hydrogen-bond acceptors (Lipinski definition) is 17. The monoisotopic (exact) mass is 1270 g/mol. The lowest BCUT2D eigenvalue weighted by molar-refractivity contribution is -0.138. The number of aromatic nitrogens is 10. The molecule has 10 aromatic rings. The number of rotatable bonds is 14. The van der Waals surface area contributed by atoms with Crippen molar-refractivity contribution in [1.82, 2.24) is 58.9 Å². The summed E-state index contributed by atoms with van der Waals surface area (Å²) >= 11 is 2.59. The zero-order valence-corrected chi connectivity index (χ0v) is 52.4. The van der Waals surface area contributed by atoms with E-state index in [2.05, 4.69) is 41.9 Å². The Hall–Kier alpha value is -9.49. The molecule has 2 aliphatic heterocycles. The normalized spacial score (nSPS) is 15.0. The molecular weight excluding hydrogens is 1200 g/mol. The van der Waals surface area contributed by atoms with Crippen molar-refractivity contribution in [2.45, 2.75) is 89.9 Å². The number of aliphatic carboxylic acids is 1. The van der Waals surface area contributed by atoms with Gasteiger partial charge in [-0.3, -0.25) is 22.8 Å². The van der Waals surface area contributed by atoms with Gasteiger partial charge < -0.3 is 25.1 Å². The van der Waals surface area contributed by atoms with Crippen LogP contribution in [-0.2, 0) is 22.4 Å². The first-order valence-corrected chi connectivity index (χ1v) is 31.9. The first kappa shape index (κ1) is 61.7. The van der Waals surface area contributed by atoms with Gasteiger partial charge >= 0.3 is 5.97 Å². The van der Waals surface area contributed by atoms with Crippen molar-refractivity contribution < 1.29 is 29.2 Å². The number of carbonyl (C=O) groups excluding carboxylic acids is 1. The number of hydrogen-bond donors (Lipinski definition) is 2. The van der Waals surface area contributed by atoms with Gasteiger partial charge in [0.15, 0.2) is 10.3 Å². The van der Waals surface area contributed by atoms with E-state index in [1.165, 1.54) is 46.9 Å². The highest BCUT2D eigenvalue weighted by Gasteiger charge is 2.36. The van der Waals surface area contributed by atoms with Crippen molar-refractivity contribution in [2.75, 3.05) is 57.2 Å². The highest BCUT2D eigenvalue weighted by molar-refractivity contribution is 7.17. The summed E-state index contributed by atoms with van der Waals surface area (Å²) in [5, 5.41) is 32.4. The van der Waals surface area contributed by atoms with E-state index in [9.17, 15) is 33.3 Å². The number of piperidine rings is 2. The molecular formula is C67H67F3N16O3S2. The molecule has 2 N–H and O–H groups in total. The second-order valence-corrected chi connectivity index (χ2v) is 24.6. The molecule has 4 fully saturated rings. The van der Waals surface area contributed by atoms with Crippen LogP contribution in [0.25, 0.3) is 56.1 Å². The molecule has 2 aliphatic carbocycles. The molecule has 2 aromatic carbocycles. The third kappa shape index (κ3) is 14.0. The standard InChI is InChI=1S/C33H31FN8OS.C29H27FN8S.C4H6O2.CH3F/c1-3-26-31(40(2)33-39-29(27(16-35)44-33)20-6-9-25(34)10-7-20)42-19-23(8-11-28(42)38-26)24-17-36-30(37-18-24)21-12-14-41(15-13-21)32(43)22-4-5-22;1-3-23-28(37(2)29-36-26(24(14-31)39-29)18-4-7-22(30)8-5-18)38-17-20(6-9-25(38)35-23)21-15-33-27(34-16-21)19-10-12-32-13-11-19;5-4(6)3-1-2-3;1-2/h6-11,17-19,21-22H,3-5,12-15H2,1-2H3;4-9,15-17,19,32H,3,10-13H2,1-2H3;3H,1-2H2,(H,5,6);1H3/i;;;1D. The number of anilines is 4. The lowest BCUT2D eigenvalue weighted by Gasteiger charge is -2.31. The molecule has 10 heterocycles. The number of halogens is 3. The van der Waals surface area contributed by atoms with Gasteiger partial charge in [0.1, 0.15) is 79.5 Å². The molecule has 0 atom stereocenters. The maximum atomic E-state index is 13.5. The number of benzene rings is 2. The fourth-order valence-electron chi connectivity index (χ4n) is 11.3. The number of thiazole rings is 2. The van der Waals surface area contributed by atoms with Gasteiger partial charge in [-0.2, -0.15) is 10.5 Å². The van der Waals surface area contributed by atoms with E-state index in [-0.39, 0.29) is 29.4 Å². The van der Waals surface area contributed by atoms with Gasteiger partial charge in [0.2, 0.25) is 5.91 Å². The van der Waals surface area contributed by atoms with Crippen LogP contribution in [-0.4, -0.2) is 118 Å². The number of aryl methyl sites for hydroxylation is 2. The number of fused-ring (bicyclic) bond motifs is 2. The van der Waals surface area contributed by atoms with Crippen LogP contribution in [0, 0.1) is 46.1 Å². The average Bonchev–Trinajstić information content (AvgIpc) is 1.63. The van der Waals surface area contributed by atoms with Gasteiger partial charge in [0.25, 0.3) is 0 Å². The van der Waals surface area contributed by atoms with E-state index >= 15 is 0 Å². The highest BCUT2D eigenvalue weighted by Crippen LogP contribution is 2.41. The fourth-order valence-corrected chi connectivity index (χ4v) is 13.0. The van der Waals surface area contributed by atoms with E-state index < -0.39 is 13.1 Å². The van der Waals surface area contributed by atoms with Crippen LogP contribution in [0.3, 0.4) is 0 Å². The molecule has 2 saturated carbocycles. The third-order valence-corrected chi connectivity index (χ3v) is 18.7. The summed E-state index contributed by atoms with van der Waals surface area (Å²) < 4.78 is 46.6. The minimum atomic E-state index is -1.00. The Kier molecular flexibility index (Phi) is 19.1. The Bertz CT molecular complexity index is 4320. The number of carbonyl (C=O) groups is 2. The summed E-state index contributed by atoms with van der Waals surface area (Å²) in [4.78, 5) is 67.3. The number of imidazole rings is 2. The SMILES string of the molecule is CCc1nc2ccc(-c3cnc(C4CCN(C(=O)C5CC5)CC4)nc3)cn2c1N(C)c1nc(-c2ccc(F)cc2)c(C#N)s1.CCc1nc2ccc(-c3cnc(C4CCNCC4)nc3)cn2c1N(C)c1nc(-c2ccc(F)cc2)c(C#N)s1.O=C(O)C1CC1.[2H]CF. The van der Waals surface area contributed by atoms with Crippen LogP contribution in [0.5, 0.6) is 0 Å². The average molecular weight is 1270 g/mol. The van der Waals surface area contributed by atoms with Gasteiger partial charge in [0.05, 0.1) is 25.8 Å². The van der Waals surface area contributed by atoms with E-state index in [0.29, 0.717) is 60.8 Å². The smallest absolute Gasteiger partial charge is 0.306 e. The molecule has 0 bridgehead atoms. The van der Waals surface area contributed by atoms with Gasteiger partial charge in [-0.1, -0.05) is 36.5 Å². The first-order valence-electron chi connectivity index (χ1n) is 31.0. The summed E-state index contributed by atoms with van der Waals surface area (Å²) in [6, 6.07) is 24.6. The third-order valence-electron chi connectivity index (χ3n) is 16.6. The van der Waals surface area contributed by atoms with Crippen LogP contribution in [0.1, 0.15) is 111 Å². The molecule has 2 saturated heterocycles. The van der Waals surface area contributed by atoms with Gasteiger partial charge in [-0.25, -0.2) is 48.7 Å². The zero-order valence-electron chi connectivity index (χ0n) is 51.7. The number of likely N-dealkylation sites (tertiary alicyclic amines) is 1. The number of nitrogens with one attached hydrogen (secondary N) is 1. The highest BCUT2D eigenvalue weighted by atomic mass is 32.1. The maximum Gasteiger partial charge on any atom is 0.306 e. The summed E-state index contributed by atoms with van der Waals surface area (Å²) in [5.74, 6) is 3.45. The number of pyridine rings is 2. The minimum absolute atomic E-state index is 0.0185. The Labute approximate surface area is 534 Å². The minimum Gasteiger partial charge on any atom is -0.481 e. The molecule has 14 rings (SSSR count). The largest absolute Gasteiger partial charge is 0.481 e. The topological polar surface area (TPSA) is 236 Å². The molecule has 466 valence electrons. The number of nitrogens with zero attached hydrogens (tertiary/aromatic N) is 15. The fraction of sp³-hybridized carbons (Fsp3) is 0.343. The van der Waals surface area contributed by atoms with E-state index in [0.717, 1.165) is 152 Å². The van der Waals surface area contributed by atoms with Crippen molar-refractivity contribution in [3.8, 4) is 56.9 Å². The van der Waals surface area contributed by atoms with Crippen LogP contribution in [0.2, 0.25) is 0 Å². The summed E-state index contributed by atoms with van der Waals surface area (Å²) in [7, 11) is 2.85. The Morgan fingerprint density at radius 1 is 0.604 bits per heavy atom. The Morgan fingerprint density at radius 3 is 1.36 bits per heavy atom. The number of nitriles is 2. The molecule has 0 radical (unpaired) electrons. The van der Waals surface area contributed by atoms with Gasteiger partial charge in [-0.15, -0.1) is 0 Å². The molecule has 91 heavy (non-hydrogen) atoms. The lowest BCUT2D eigenvalue weighted by Crippen LogP contribution is -2.39. The van der Waals surface area contributed by atoms with Gasteiger partial charge in [-0.05, 0) is 150 Å². The number of carboxylic acid groups (broad SMARTS) is 1. The van der Waals surface area contributed by atoms with Crippen LogP contribution in [0.15, 0.2) is 110 Å². The molecule has 1 amide bonds. The second-order valence-electron chi connectivity index (χ2n) is 22.6. The summed E-state index contributed by atoms with van der Waals surface area (Å²) in [6.45, 7) is 7.69. The quantitative estimate of drug-likeness (QED) is 0.103. The van der Waals surface area contributed by atoms with E-state index in [1.54, 1.807) is 24.3 Å². The molecule has 4 aliphatic rings. The Balaban J connectivity index is 0.000000167. The summed E-state index contributed by atoms with van der Waals surface area (Å²) in [5.41, 5.74) is 9.69.